The van der Waals surface area contributed by atoms with Crippen LogP contribution in [0, 0.1) is 52.3 Å². The molecule has 0 aromatic rings. The average molecular weight is 447 g/mol. The molecule has 0 bridgehead atoms. The summed E-state index contributed by atoms with van der Waals surface area (Å²) >= 11 is 4.95. The largest absolute Gasteiger partial charge is 0.393 e. The fourth-order valence-corrected chi connectivity index (χ4v) is 9.94. The molecular formula is C29H50OS. The number of hydrogen-bond acceptors (Lipinski definition) is 2. The van der Waals surface area contributed by atoms with Crippen molar-refractivity contribution in [2.24, 2.45) is 52.3 Å². The maximum atomic E-state index is 10.6. The SMILES string of the molecule is CC(C)CCC[C@@H](C)[C@H]1CC[C@H]2[C@@H]3CC=C4C[C@@H](O)CC(C(C)S)[C@@]4(C)[C@H]3CC[C@]12C. The standard InChI is InChI=1S/C29H50OS/c1-18(2)8-7-9-19(3)24-12-13-25-23-11-10-21-16-22(30)17-27(20(4)31)29(21,6)26(23)14-15-28(24,25)5/h10,18-20,22-27,30-31H,7-9,11-17H2,1-6H3/t19-,20?,22-,23+,24-,25+,26+,27?,28-,29-/m1/s1. The Balaban J connectivity index is 1.55. The van der Waals surface area contributed by atoms with Gasteiger partial charge in [-0.05, 0) is 97.2 Å². The Bertz CT molecular complexity index is 668. The zero-order valence-corrected chi connectivity index (χ0v) is 22.1. The van der Waals surface area contributed by atoms with Crippen molar-refractivity contribution in [1.82, 2.24) is 0 Å². The molecule has 0 heterocycles. The number of allylic oxidation sites excluding steroid dienone is 1. The van der Waals surface area contributed by atoms with Crippen LogP contribution in [0.3, 0.4) is 0 Å². The molecule has 31 heavy (non-hydrogen) atoms. The summed E-state index contributed by atoms with van der Waals surface area (Å²) in [5, 5.41) is 10.9. The molecule has 10 atom stereocenters. The van der Waals surface area contributed by atoms with Crippen molar-refractivity contribution in [3.05, 3.63) is 11.6 Å². The van der Waals surface area contributed by atoms with Crippen molar-refractivity contribution in [3.8, 4) is 0 Å². The lowest BCUT2D eigenvalue weighted by Crippen LogP contribution is -2.55. The summed E-state index contributed by atoms with van der Waals surface area (Å²) in [5.41, 5.74) is 2.39. The predicted octanol–water partition coefficient (Wildman–Crippen LogP) is 7.93. The normalized spacial score (nSPS) is 46.7. The van der Waals surface area contributed by atoms with Gasteiger partial charge in [0.25, 0.3) is 0 Å². The highest BCUT2D eigenvalue weighted by Gasteiger charge is 2.61. The van der Waals surface area contributed by atoms with Crippen LogP contribution in [0.25, 0.3) is 0 Å². The molecule has 4 aliphatic carbocycles. The minimum absolute atomic E-state index is 0.160. The van der Waals surface area contributed by atoms with Gasteiger partial charge in [-0.15, -0.1) is 0 Å². The Hall–Kier alpha value is 0.0500. The molecule has 0 spiro atoms. The Morgan fingerprint density at radius 1 is 1.03 bits per heavy atom. The van der Waals surface area contributed by atoms with Crippen LogP contribution >= 0.6 is 12.6 Å². The van der Waals surface area contributed by atoms with Crippen LogP contribution in [0.1, 0.15) is 106 Å². The Labute approximate surface area is 198 Å². The van der Waals surface area contributed by atoms with Gasteiger partial charge in [0.1, 0.15) is 0 Å². The molecule has 3 saturated carbocycles. The van der Waals surface area contributed by atoms with E-state index >= 15 is 0 Å². The second-order valence-corrected chi connectivity index (χ2v) is 13.9. The van der Waals surface area contributed by atoms with Gasteiger partial charge >= 0.3 is 0 Å². The fourth-order valence-electron chi connectivity index (χ4n) is 9.51. The van der Waals surface area contributed by atoms with Crippen LogP contribution < -0.4 is 0 Å². The van der Waals surface area contributed by atoms with E-state index in [-0.39, 0.29) is 11.5 Å². The molecule has 0 saturated heterocycles. The molecule has 3 fully saturated rings. The third kappa shape index (κ3) is 4.09. The van der Waals surface area contributed by atoms with Gasteiger partial charge in [-0.25, -0.2) is 0 Å². The quantitative estimate of drug-likeness (QED) is 0.313. The second-order valence-electron chi connectivity index (χ2n) is 13.1. The Morgan fingerprint density at radius 3 is 2.45 bits per heavy atom. The first-order valence-corrected chi connectivity index (χ1v) is 14.2. The summed E-state index contributed by atoms with van der Waals surface area (Å²) in [6.07, 6.45) is 15.5. The van der Waals surface area contributed by atoms with Crippen LogP contribution in [0.2, 0.25) is 0 Å². The predicted molar refractivity (Wildman–Crippen MR) is 136 cm³/mol. The molecule has 1 N–H and O–H groups in total. The highest BCUT2D eigenvalue weighted by molar-refractivity contribution is 7.80. The molecular weight excluding hydrogens is 396 g/mol. The molecule has 0 amide bonds. The minimum Gasteiger partial charge on any atom is -0.393 e. The summed E-state index contributed by atoms with van der Waals surface area (Å²) in [7, 11) is 0. The number of aliphatic hydroxyl groups excluding tert-OH is 1. The van der Waals surface area contributed by atoms with Gasteiger partial charge in [0.05, 0.1) is 6.10 Å². The second kappa shape index (κ2) is 9.01. The lowest BCUT2D eigenvalue weighted by molar-refractivity contribution is -0.0785. The summed E-state index contributed by atoms with van der Waals surface area (Å²) in [4.78, 5) is 0. The van der Waals surface area contributed by atoms with Gasteiger partial charge in [-0.1, -0.05) is 72.5 Å². The highest BCUT2D eigenvalue weighted by Crippen LogP contribution is 2.68. The van der Waals surface area contributed by atoms with E-state index < -0.39 is 0 Å². The molecule has 2 heteroatoms. The third-order valence-electron chi connectivity index (χ3n) is 11.1. The van der Waals surface area contributed by atoms with Gasteiger partial charge in [0.2, 0.25) is 0 Å². The molecule has 4 aliphatic rings. The summed E-state index contributed by atoms with van der Waals surface area (Å²) in [6.45, 7) is 14.8. The summed E-state index contributed by atoms with van der Waals surface area (Å²) < 4.78 is 0. The Morgan fingerprint density at radius 2 is 1.77 bits per heavy atom. The molecule has 2 unspecified atom stereocenters. The van der Waals surface area contributed by atoms with Crippen molar-refractivity contribution >= 4 is 12.6 Å². The van der Waals surface area contributed by atoms with E-state index in [1.807, 2.05) is 0 Å². The van der Waals surface area contributed by atoms with Crippen molar-refractivity contribution in [2.45, 2.75) is 117 Å². The number of aliphatic hydroxyl groups is 1. The van der Waals surface area contributed by atoms with E-state index in [4.69, 9.17) is 12.6 Å². The Kier molecular flexibility index (Phi) is 7.03. The zero-order valence-electron chi connectivity index (χ0n) is 21.2. The summed E-state index contributed by atoms with van der Waals surface area (Å²) in [5.74, 6) is 5.71. The van der Waals surface area contributed by atoms with Crippen molar-refractivity contribution < 1.29 is 5.11 Å². The maximum Gasteiger partial charge on any atom is 0.0580 e. The molecule has 178 valence electrons. The van der Waals surface area contributed by atoms with E-state index in [0.717, 1.165) is 48.3 Å². The maximum absolute atomic E-state index is 10.6. The first kappa shape index (κ1) is 24.2. The first-order valence-electron chi connectivity index (χ1n) is 13.6. The molecule has 0 aliphatic heterocycles. The number of rotatable bonds is 6. The summed E-state index contributed by atoms with van der Waals surface area (Å²) in [6, 6.07) is 0. The van der Waals surface area contributed by atoms with Crippen molar-refractivity contribution in [3.63, 3.8) is 0 Å². The minimum atomic E-state index is -0.160. The first-order chi connectivity index (χ1) is 14.6. The number of thiol groups is 1. The van der Waals surface area contributed by atoms with Crippen molar-refractivity contribution in [1.29, 1.82) is 0 Å². The van der Waals surface area contributed by atoms with E-state index in [0.29, 0.717) is 16.6 Å². The van der Waals surface area contributed by atoms with Crippen LogP contribution in [0.4, 0.5) is 0 Å². The van der Waals surface area contributed by atoms with Gasteiger partial charge < -0.3 is 5.11 Å². The van der Waals surface area contributed by atoms with Crippen LogP contribution in [0.5, 0.6) is 0 Å². The molecule has 0 aromatic carbocycles. The van der Waals surface area contributed by atoms with Crippen LogP contribution in [-0.2, 0) is 0 Å². The van der Waals surface area contributed by atoms with E-state index in [9.17, 15) is 5.11 Å². The van der Waals surface area contributed by atoms with Crippen LogP contribution in [-0.4, -0.2) is 16.5 Å². The molecule has 4 rings (SSSR count). The van der Waals surface area contributed by atoms with Gasteiger partial charge in [-0.3, -0.25) is 0 Å². The fraction of sp³-hybridized carbons (Fsp3) is 0.931. The monoisotopic (exact) mass is 446 g/mol. The van der Waals surface area contributed by atoms with E-state index in [2.05, 4.69) is 47.6 Å². The smallest absolute Gasteiger partial charge is 0.0580 e. The molecule has 1 nitrogen and oxygen atoms in total. The average Bonchev–Trinajstić information content (AvgIpc) is 3.04. The molecule has 0 aromatic heterocycles. The highest BCUT2D eigenvalue weighted by atomic mass is 32.1. The van der Waals surface area contributed by atoms with E-state index in [1.54, 1.807) is 5.57 Å². The third-order valence-corrected chi connectivity index (χ3v) is 11.4. The lowest BCUT2D eigenvalue weighted by atomic mass is 9.44. The van der Waals surface area contributed by atoms with Crippen molar-refractivity contribution in [2.75, 3.05) is 0 Å². The number of hydrogen-bond donors (Lipinski definition) is 2. The molecule has 0 radical (unpaired) electrons. The van der Waals surface area contributed by atoms with Gasteiger partial charge in [-0.2, -0.15) is 12.6 Å². The lowest BCUT2D eigenvalue weighted by Gasteiger charge is -2.61. The number of fused-ring (bicyclic) bond motifs is 5. The topological polar surface area (TPSA) is 20.2 Å². The van der Waals surface area contributed by atoms with Crippen LogP contribution in [0.15, 0.2) is 11.6 Å². The van der Waals surface area contributed by atoms with Gasteiger partial charge in [0.15, 0.2) is 0 Å². The zero-order chi connectivity index (χ0) is 22.6. The van der Waals surface area contributed by atoms with Gasteiger partial charge in [0, 0.05) is 5.25 Å². The van der Waals surface area contributed by atoms with E-state index in [1.165, 1.54) is 51.4 Å².